The fourth-order valence-electron chi connectivity index (χ4n) is 2.92. The van der Waals surface area contributed by atoms with Crippen LogP contribution in [0.25, 0.3) is 16.9 Å². The van der Waals surface area contributed by atoms with Crippen molar-refractivity contribution in [2.75, 3.05) is 5.32 Å². The molecule has 0 saturated heterocycles. The summed E-state index contributed by atoms with van der Waals surface area (Å²) in [5.74, 6) is 0.538. The van der Waals surface area contributed by atoms with Gasteiger partial charge < -0.3 is 5.32 Å². The molecule has 0 bridgehead atoms. The number of amides is 1. The Balaban J connectivity index is 1.83. The van der Waals surface area contributed by atoms with Gasteiger partial charge in [0.2, 0.25) is 0 Å². The van der Waals surface area contributed by atoms with Crippen LogP contribution in [0.4, 0.5) is 5.82 Å². The first-order chi connectivity index (χ1) is 12.2. The Morgan fingerprint density at radius 2 is 1.64 bits per heavy atom. The monoisotopic (exact) mass is 327 g/mol. The summed E-state index contributed by atoms with van der Waals surface area (Å²) in [6.45, 7) is 1.93. The zero-order chi connectivity index (χ0) is 17.2. The van der Waals surface area contributed by atoms with Gasteiger partial charge in [-0.25, -0.2) is 4.98 Å². The molecule has 4 aromatic rings. The number of carbonyl (C=O) groups is 1. The maximum atomic E-state index is 12.8. The summed E-state index contributed by atoms with van der Waals surface area (Å²) in [7, 11) is 0. The minimum atomic E-state index is -0.138. The molecule has 0 atom stereocenters. The first-order valence-electron chi connectivity index (χ1n) is 8.13. The Hall–Kier alpha value is -3.40. The lowest BCUT2D eigenvalue weighted by Gasteiger charge is -2.09. The second-order valence-corrected chi connectivity index (χ2v) is 5.87. The molecule has 0 saturated carbocycles. The lowest BCUT2D eigenvalue weighted by Crippen LogP contribution is -2.15. The summed E-state index contributed by atoms with van der Waals surface area (Å²) in [6, 6.07) is 23.2. The van der Waals surface area contributed by atoms with Gasteiger partial charge >= 0.3 is 0 Å². The zero-order valence-electron chi connectivity index (χ0n) is 13.8. The second-order valence-electron chi connectivity index (χ2n) is 5.87. The molecule has 0 aliphatic heterocycles. The Morgan fingerprint density at radius 1 is 0.920 bits per heavy atom. The Bertz CT molecular complexity index is 1050. The van der Waals surface area contributed by atoms with Gasteiger partial charge in [-0.05, 0) is 30.7 Å². The molecule has 0 fully saturated rings. The molecule has 0 aliphatic carbocycles. The van der Waals surface area contributed by atoms with Crippen molar-refractivity contribution >= 4 is 17.4 Å². The largest absolute Gasteiger partial charge is 0.306 e. The van der Waals surface area contributed by atoms with E-state index < -0.39 is 0 Å². The Labute approximate surface area is 145 Å². The van der Waals surface area contributed by atoms with Gasteiger partial charge in [-0.1, -0.05) is 54.6 Å². The molecule has 0 unspecified atom stereocenters. The molecule has 1 N–H and O–H groups in total. The van der Waals surface area contributed by atoms with Gasteiger partial charge in [0.25, 0.3) is 5.91 Å². The number of hydrogen-bond donors (Lipinski definition) is 1. The highest BCUT2D eigenvalue weighted by Crippen LogP contribution is 2.29. The average Bonchev–Trinajstić information content (AvgIpc) is 3.01. The second kappa shape index (κ2) is 6.24. The summed E-state index contributed by atoms with van der Waals surface area (Å²) >= 11 is 0. The lowest BCUT2D eigenvalue weighted by molar-refractivity contribution is 0.102. The summed E-state index contributed by atoms with van der Waals surface area (Å²) < 4.78 is 1.90. The number of benzene rings is 2. The molecule has 4 rings (SSSR count). The summed E-state index contributed by atoms with van der Waals surface area (Å²) in [5, 5.41) is 3.05. The van der Waals surface area contributed by atoms with Crippen LogP contribution in [0.15, 0.2) is 79.0 Å². The van der Waals surface area contributed by atoms with Crippen LogP contribution in [0.3, 0.4) is 0 Å². The minimum Gasteiger partial charge on any atom is -0.306 e. The zero-order valence-corrected chi connectivity index (χ0v) is 13.8. The van der Waals surface area contributed by atoms with Crippen molar-refractivity contribution in [3.8, 4) is 11.3 Å². The number of nitrogens with zero attached hydrogens (tertiary/aromatic N) is 2. The van der Waals surface area contributed by atoms with Crippen molar-refractivity contribution in [3.63, 3.8) is 0 Å². The van der Waals surface area contributed by atoms with Crippen LogP contribution in [0.5, 0.6) is 0 Å². The normalized spacial score (nSPS) is 10.8. The molecule has 0 radical (unpaired) electrons. The topological polar surface area (TPSA) is 46.4 Å². The fraction of sp³-hybridized carbons (Fsp3) is 0.0476. The van der Waals surface area contributed by atoms with E-state index in [9.17, 15) is 4.79 Å². The van der Waals surface area contributed by atoms with Gasteiger partial charge in [0, 0.05) is 17.3 Å². The van der Waals surface area contributed by atoms with Gasteiger partial charge in [-0.3, -0.25) is 9.20 Å². The number of aryl methyl sites for hydroxylation is 1. The Morgan fingerprint density at radius 3 is 2.44 bits per heavy atom. The van der Waals surface area contributed by atoms with E-state index in [1.807, 2.05) is 90.3 Å². The smallest absolute Gasteiger partial charge is 0.257 e. The highest BCUT2D eigenvalue weighted by atomic mass is 16.1. The van der Waals surface area contributed by atoms with E-state index in [4.69, 9.17) is 4.98 Å². The molecule has 4 nitrogen and oxygen atoms in total. The number of carbonyl (C=O) groups excluding carboxylic acids is 1. The molecule has 0 aliphatic rings. The maximum Gasteiger partial charge on any atom is 0.257 e. The average molecular weight is 327 g/mol. The van der Waals surface area contributed by atoms with E-state index in [2.05, 4.69) is 5.32 Å². The molecule has 1 amide bonds. The molecule has 2 heterocycles. The SMILES string of the molecule is Cc1ccccc1C(=O)Nc1c(-c2ccccc2)nc2ccccn12. The highest BCUT2D eigenvalue weighted by Gasteiger charge is 2.17. The van der Waals surface area contributed by atoms with Crippen molar-refractivity contribution in [2.45, 2.75) is 6.92 Å². The summed E-state index contributed by atoms with van der Waals surface area (Å²) in [5.41, 5.74) is 4.11. The van der Waals surface area contributed by atoms with Gasteiger partial charge in [-0.2, -0.15) is 0 Å². The van der Waals surface area contributed by atoms with Crippen LogP contribution in [0.2, 0.25) is 0 Å². The van der Waals surface area contributed by atoms with Crippen molar-refractivity contribution in [3.05, 3.63) is 90.1 Å². The number of nitrogens with one attached hydrogen (secondary N) is 1. The van der Waals surface area contributed by atoms with Crippen molar-refractivity contribution in [1.29, 1.82) is 0 Å². The van der Waals surface area contributed by atoms with Crippen LogP contribution < -0.4 is 5.32 Å². The third-order valence-electron chi connectivity index (χ3n) is 4.20. The number of rotatable bonds is 3. The number of pyridine rings is 1. The lowest BCUT2D eigenvalue weighted by atomic mass is 10.1. The molecule has 0 spiro atoms. The van der Waals surface area contributed by atoms with Gasteiger partial charge in [0.15, 0.2) is 0 Å². The van der Waals surface area contributed by atoms with Crippen molar-refractivity contribution in [2.24, 2.45) is 0 Å². The van der Waals surface area contributed by atoms with Gasteiger partial charge in [0.05, 0.1) is 0 Å². The van der Waals surface area contributed by atoms with Gasteiger partial charge in [0.1, 0.15) is 17.2 Å². The van der Waals surface area contributed by atoms with Crippen molar-refractivity contribution in [1.82, 2.24) is 9.38 Å². The van der Waals surface area contributed by atoms with Crippen LogP contribution in [-0.4, -0.2) is 15.3 Å². The Kier molecular flexibility index (Phi) is 3.78. The van der Waals surface area contributed by atoms with E-state index in [1.165, 1.54) is 0 Å². The molecule has 4 heteroatoms. The highest BCUT2D eigenvalue weighted by molar-refractivity contribution is 6.06. The summed E-state index contributed by atoms with van der Waals surface area (Å²) in [4.78, 5) is 17.5. The molecule has 2 aromatic heterocycles. The fourth-order valence-corrected chi connectivity index (χ4v) is 2.92. The number of aromatic nitrogens is 2. The minimum absolute atomic E-state index is 0.138. The van der Waals surface area contributed by atoms with E-state index in [0.717, 1.165) is 22.5 Å². The maximum absolute atomic E-state index is 12.8. The molecular weight excluding hydrogens is 310 g/mol. The van der Waals surface area contributed by atoms with Crippen LogP contribution in [-0.2, 0) is 0 Å². The molecular formula is C21H17N3O. The van der Waals surface area contributed by atoms with E-state index in [0.29, 0.717) is 11.4 Å². The number of anilines is 1. The van der Waals surface area contributed by atoms with E-state index in [-0.39, 0.29) is 5.91 Å². The predicted molar refractivity (Wildman–Crippen MR) is 99.8 cm³/mol. The van der Waals surface area contributed by atoms with Gasteiger partial charge in [-0.15, -0.1) is 0 Å². The number of fused-ring (bicyclic) bond motifs is 1. The molecule has 122 valence electrons. The van der Waals surface area contributed by atoms with Crippen molar-refractivity contribution < 1.29 is 4.79 Å². The quantitative estimate of drug-likeness (QED) is 0.599. The van der Waals surface area contributed by atoms with Crippen LogP contribution in [0, 0.1) is 6.92 Å². The van der Waals surface area contributed by atoms with E-state index in [1.54, 1.807) is 0 Å². The number of imidazole rings is 1. The number of hydrogen-bond acceptors (Lipinski definition) is 2. The summed E-state index contributed by atoms with van der Waals surface area (Å²) in [6.07, 6.45) is 1.90. The first-order valence-corrected chi connectivity index (χ1v) is 8.13. The standard InChI is InChI=1S/C21H17N3O/c1-15-9-5-6-12-17(15)21(25)23-20-19(16-10-3-2-4-11-16)22-18-13-7-8-14-24(18)20/h2-14H,1H3,(H,23,25). The molecule has 2 aromatic carbocycles. The van der Waals surface area contributed by atoms with E-state index >= 15 is 0 Å². The first kappa shape index (κ1) is 15.1. The molecule has 25 heavy (non-hydrogen) atoms. The predicted octanol–water partition coefficient (Wildman–Crippen LogP) is 4.56. The third kappa shape index (κ3) is 2.78. The van der Waals surface area contributed by atoms with Crippen LogP contribution >= 0.6 is 0 Å². The third-order valence-corrected chi connectivity index (χ3v) is 4.20. The van der Waals surface area contributed by atoms with Crippen LogP contribution in [0.1, 0.15) is 15.9 Å².